The van der Waals surface area contributed by atoms with Gasteiger partial charge in [0.15, 0.2) is 0 Å². The Morgan fingerprint density at radius 2 is 2.06 bits per heavy atom. The minimum atomic E-state index is -0.408. The van der Waals surface area contributed by atoms with Crippen LogP contribution in [0.4, 0.5) is 5.69 Å². The maximum Gasteiger partial charge on any atom is 0.294 e. The molecule has 1 aromatic carbocycles. The Bertz CT molecular complexity index is 522. The number of rotatable bonds is 1. The van der Waals surface area contributed by atoms with Gasteiger partial charge in [-0.25, -0.2) is 0 Å². The number of aromatic nitrogens is 2. The first-order valence-corrected chi connectivity index (χ1v) is 5.68. The molecular weight excluding hydrogens is 274 g/mol. The molecule has 0 aliphatic heterocycles. The highest BCUT2D eigenvalue weighted by atomic mass is 79.9. The molecule has 2 rings (SSSR count). The minimum Gasteiger partial charge on any atom is -0.281 e. The van der Waals surface area contributed by atoms with E-state index in [9.17, 15) is 10.1 Å². The van der Waals surface area contributed by atoms with E-state index in [0.29, 0.717) is 21.1 Å². The zero-order chi connectivity index (χ0) is 12.3. The summed E-state index contributed by atoms with van der Waals surface area (Å²) in [6.07, 6.45) is 0. The zero-order valence-corrected chi connectivity index (χ0v) is 10.8. The summed E-state index contributed by atoms with van der Waals surface area (Å²) in [5.41, 5.74) is 1.37. The molecule has 0 amide bonds. The molecule has 0 spiro atoms. The Morgan fingerprint density at radius 3 is 2.62 bits per heavy atom. The van der Waals surface area contributed by atoms with E-state index >= 15 is 0 Å². The fourth-order valence-electron chi connectivity index (χ4n) is 1.40. The van der Waals surface area contributed by atoms with Crippen LogP contribution < -0.4 is 0 Å². The van der Waals surface area contributed by atoms with E-state index in [-0.39, 0.29) is 5.69 Å². The van der Waals surface area contributed by atoms with E-state index in [1.807, 2.05) is 13.8 Å². The number of aromatic amines is 1. The van der Waals surface area contributed by atoms with Crippen LogP contribution in [0.5, 0.6) is 0 Å². The second kappa shape index (κ2) is 5.07. The number of H-pyrrole nitrogens is 1. The highest BCUT2D eigenvalue weighted by molar-refractivity contribution is 9.10. The van der Waals surface area contributed by atoms with Crippen molar-refractivity contribution >= 4 is 32.5 Å². The van der Waals surface area contributed by atoms with Crippen LogP contribution in [0.1, 0.15) is 19.5 Å². The van der Waals surface area contributed by atoms with Gasteiger partial charge in [-0.05, 0) is 35.0 Å². The van der Waals surface area contributed by atoms with Crippen molar-refractivity contribution < 1.29 is 4.92 Å². The van der Waals surface area contributed by atoms with Gasteiger partial charge >= 0.3 is 0 Å². The lowest BCUT2D eigenvalue weighted by atomic mass is 10.2. The van der Waals surface area contributed by atoms with Gasteiger partial charge in [0.2, 0.25) is 0 Å². The van der Waals surface area contributed by atoms with Crippen LogP contribution in [0, 0.1) is 17.0 Å². The number of aryl methyl sites for hydroxylation is 1. The number of fused-ring (bicyclic) bond motifs is 1. The van der Waals surface area contributed by atoms with Gasteiger partial charge in [-0.15, -0.1) is 0 Å². The maximum absolute atomic E-state index is 10.8. The second-order valence-corrected chi connectivity index (χ2v) is 3.75. The molecule has 2 aromatic rings. The molecule has 1 aromatic heterocycles. The summed E-state index contributed by atoms with van der Waals surface area (Å²) in [5, 5.41) is 18.1. The summed E-state index contributed by atoms with van der Waals surface area (Å²) in [5.74, 6) is 0. The lowest BCUT2D eigenvalue weighted by Crippen LogP contribution is -1.90. The minimum absolute atomic E-state index is 0.0637. The van der Waals surface area contributed by atoms with Gasteiger partial charge in [-0.3, -0.25) is 15.2 Å². The molecule has 0 saturated heterocycles. The fraction of sp³-hybridized carbons (Fsp3) is 0.300. The van der Waals surface area contributed by atoms with Gasteiger partial charge < -0.3 is 0 Å². The summed E-state index contributed by atoms with van der Waals surface area (Å²) < 4.78 is 0.472. The molecule has 86 valence electrons. The highest BCUT2D eigenvalue weighted by Gasteiger charge is 2.20. The summed E-state index contributed by atoms with van der Waals surface area (Å²) >= 11 is 3.15. The van der Waals surface area contributed by atoms with E-state index in [4.69, 9.17) is 0 Å². The SMILES string of the molecule is CC.Cc1[nH]nc2ccc(Br)c([N+](=O)[O-])c12. The van der Waals surface area contributed by atoms with Crippen LogP contribution in [-0.2, 0) is 0 Å². The van der Waals surface area contributed by atoms with Crippen LogP contribution in [-0.4, -0.2) is 15.1 Å². The third-order valence-corrected chi connectivity index (χ3v) is 2.65. The van der Waals surface area contributed by atoms with Gasteiger partial charge in [-0.1, -0.05) is 13.8 Å². The Labute approximate surface area is 101 Å². The first kappa shape index (κ1) is 12.6. The second-order valence-electron chi connectivity index (χ2n) is 2.90. The van der Waals surface area contributed by atoms with Crippen molar-refractivity contribution in [2.45, 2.75) is 20.8 Å². The van der Waals surface area contributed by atoms with Crippen LogP contribution in [0.15, 0.2) is 16.6 Å². The third-order valence-electron chi connectivity index (χ3n) is 2.01. The zero-order valence-electron chi connectivity index (χ0n) is 9.24. The molecule has 0 saturated carbocycles. The van der Waals surface area contributed by atoms with Gasteiger partial charge in [0.1, 0.15) is 5.39 Å². The standard InChI is InChI=1S/C8H6BrN3O2.C2H6/c1-4-7-6(11-10-4)3-2-5(9)8(7)12(13)14;1-2/h2-3H,1H3,(H,10,11);1-2H3. The molecule has 5 nitrogen and oxygen atoms in total. The topological polar surface area (TPSA) is 71.8 Å². The number of hydrogen-bond acceptors (Lipinski definition) is 3. The Kier molecular flexibility index (Phi) is 4.00. The van der Waals surface area contributed by atoms with Crippen molar-refractivity contribution in [2.75, 3.05) is 0 Å². The number of nitro benzene ring substituents is 1. The molecule has 0 bridgehead atoms. The molecular formula is C10H12BrN3O2. The quantitative estimate of drug-likeness (QED) is 0.643. The number of nitrogens with one attached hydrogen (secondary N) is 1. The largest absolute Gasteiger partial charge is 0.294 e. The first-order chi connectivity index (χ1) is 7.61. The van der Waals surface area contributed by atoms with Crippen LogP contribution in [0.2, 0.25) is 0 Å². The molecule has 6 heteroatoms. The Balaban J connectivity index is 0.000000606. The number of hydrogen-bond donors (Lipinski definition) is 1. The summed E-state index contributed by atoms with van der Waals surface area (Å²) in [4.78, 5) is 10.4. The highest BCUT2D eigenvalue weighted by Crippen LogP contribution is 2.33. The lowest BCUT2D eigenvalue weighted by Gasteiger charge is -1.96. The van der Waals surface area contributed by atoms with Crippen LogP contribution >= 0.6 is 15.9 Å². The molecule has 1 N–H and O–H groups in total. The number of benzene rings is 1. The van der Waals surface area contributed by atoms with Gasteiger partial charge in [0.25, 0.3) is 5.69 Å². The predicted molar refractivity (Wildman–Crippen MR) is 66.5 cm³/mol. The molecule has 0 atom stereocenters. The molecule has 16 heavy (non-hydrogen) atoms. The van der Waals surface area contributed by atoms with E-state index in [1.54, 1.807) is 19.1 Å². The van der Waals surface area contributed by atoms with Gasteiger partial charge in [0, 0.05) is 5.69 Å². The van der Waals surface area contributed by atoms with Crippen LogP contribution in [0.3, 0.4) is 0 Å². The lowest BCUT2D eigenvalue weighted by molar-refractivity contribution is -0.383. The Morgan fingerprint density at radius 1 is 1.44 bits per heavy atom. The van der Waals surface area contributed by atoms with Crippen molar-refractivity contribution in [3.05, 3.63) is 32.4 Å². The van der Waals surface area contributed by atoms with Crippen molar-refractivity contribution in [1.82, 2.24) is 10.2 Å². The monoisotopic (exact) mass is 285 g/mol. The summed E-state index contributed by atoms with van der Waals surface area (Å²) in [6.45, 7) is 5.76. The van der Waals surface area contributed by atoms with E-state index in [2.05, 4.69) is 26.1 Å². The molecule has 0 radical (unpaired) electrons. The third kappa shape index (κ3) is 2.06. The normalized spacial score (nSPS) is 9.75. The van der Waals surface area contributed by atoms with Gasteiger partial charge in [-0.2, -0.15) is 5.10 Å². The van der Waals surface area contributed by atoms with Crippen LogP contribution in [0.25, 0.3) is 10.9 Å². The van der Waals surface area contributed by atoms with Crippen molar-refractivity contribution in [1.29, 1.82) is 0 Å². The van der Waals surface area contributed by atoms with E-state index in [0.717, 1.165) is 0 Å². The average Bonchev–Trinajstić information content (AvgIpc) is 2.63. The summed E-state index contributed by atoms with van der Waals surface area (Å²) in [6, 6.07) is 3.36. The molecule has 1 heterocycles. The maximum atomic E-state index is 10.8. The number of nitro groups is 1. The smallest absolute Gasteiger partial charge is 0.281 e. The van der Waals surface area contributed by atoms with E-state index < -0.39 is 4.92 Å². The molecule has 0 aliphatic rings. The molecule has 0 fully saturated rings. The molecule has 0 aliphatic carbocycles. The predicted octanol–water partition coefficient (Wildman–Crippen LogP) is 3.57. The fourth-order valence-corrected chi connectivity index (χ4v) is 1.87. The number of nitrogens with zero attached hydrogens (tertiary/aromatic N) is 2. The first-order valence-electron chi connectivity index (χ1n) is 4.89. The van der Waals surface area contributed by atoms with Crippen molar-refractivity contribution in [3.63, 3.8) is 0 Å². The Hall–Kier alpha value is -1.43. The average molecular weight is 286 g/mol. The van der Waals surface area contributed by atoms with Crippen molar-refractivity contribution in [3.8, 4) is 0 Å². The summed E-state index contributed by atoms with van der Waals surface area (Å²) in [7, 11) is 0. The van der Waals surface area contributed by atoms with Gasteiger partial charge in [0.05, 0.1) is 14.9 Å². The van der Waals surface area contributed by atoms with Crippen molar-refractivity contribution in [2.24, 2.45) is 0 Å². The molecule has 0 unspecified atom stereocenters. The number of halogens is 1. The van der Waals surface area contributed by atoms with E-state index in [1.165, 1.54) is 0 Å².